The monoisotopic (exact) mass is 510 g/mol. The normalized spacial score (nSPS) is 10.9. The zero-order chi connectivity index (χ0) is 20.0. The van der Waals surface area contributed by atoms with E-state index in [0.717, 1.165) is 6.54 Å². The second-order valence-electron chi connectivity index (χ2n) is 6.29. The van der Waals surface area contributed by atoms with Crippen molar-refractivity contribution in [3.8, 4) is 0 Å². The number of nitrogens with zero attached hydrogens (tertiary/aromatic N) is 1. The fourth-order valence-electron chi connectivity index (χ4n) is 2.84. The number of ether oxygens (including phenoxy) is 1. The Morgan fingerprint density at radius 2 is 1.55 bits per heavy atom. The number of aliphatic imine (C=N–C) groups is 1. The van der Waals surface area contributed by atoms with Crippen molar-refractivity contribution in [2.45, 2.75) is 12.8 Å². The second-order valence-corrected chi connectivity index (χ2v) is 6.29. The minimum atomic E-state index is -0.128. The van der Waals surface area contributed by atoms with Gasteiger partial charge in [0.05, 0.1) is 6.61 Å². The largest absolute Gasteiger partial charge is 0.383 e. The van der Waals surface area contributed by atoms with Gasteiger partial charge in [-0.1, -0.05) is 60.7 Å². The van der Waals surface area contributed by atoms with Crippen LogP contribution in [-0.2, 0) is 9.53 Å². The van der Waals surface area contributed by atoms with Gasteiger partial charge >= 0.3 is 0 Å². The summed E-state index contributed by atoms with van der Waals surface area (Å²) < 4.78 is 4.93. The van der Waals surface area contributed by atoms with E-state index in [0.29, 0.717) is 25.7 Å². The average Bonchev–Trinajstić information content (AvgIpc) is 2.74. The summed E-state index contributed by atoms with van der Waals surface area (Å²) in [6.07, 6.45) is 0. The van der Waals surface area contributed by atoms with Gasteiger partial charge in [0.25, 0.3) is 0 Å². The zero-order valence-electron chi connectivity index (χ0n) is 17.1. The van der Waals surface area contributed by atoms with Crippen molar-refractivity contribution >= 4 is 35.8 Å². The highest BCUT2D eigenvalue weighted by Crippen LogP contribution is 2.23. The van der Waals surface area contributed by atoms with Crippen LogP contribution in [0.1, 0.15) is 24.0 Å². The van der Waals surface area contributed by atoms with Gasteiger partial charge in [0, 0.05) is 32.7 Å². The van der Waals surface area contributed by atoms with Crippen molar-refractivity contribution in [2.24, 2.45) is 4.99 Å². The molecule has 3 N–H and O–H groups in total. The Balaban J connectivity index is 0.00000420. The van der Waals surface area contributed by atoms with E-state index in [1.807, 2.05) is 19.1 Å². The molecule has 0 heterocycles. The van der Waals surface area contributed by atoms with Crippen LogP contribution in [-0.4, -0.2) is 51.8 Å². The van der Waals surface area contributed by atoms with Crippen molar-refractivity contribution in [2.75, 3.05) is 39.9 Å². The Labute approximate surface area is 190 Å². The number of hydrogen-bond acceptors (Lipinski definition) is 3. The summed E-state index contributed by atoms with van der Waals surface area (Å²) in [5.41, 5.74) is 2.46. The first-order chi connectivity index (χ1) is 13.7. The molecule has 0 aliphatic carbocycles. The fraction of sp³-hybridized carbons (Fsp3) is 0.364. The highest BCUT2D eigenvalue weighted by atomic mass is 127. The van der Waals surface area contributed by atoms with Crippen molar-refractivity contribution in [1.82, 2.24) is 16.0 Å². The molecule has 0 aromatic heterocycles. The minimum absolute atomic E-state index is 0. The number of halogens is 1. The molecule has 2 aromatic rings. The number of nitrogens with one attached hydrogen (secondary N) is 3. The third kappa shape index (κ3) is 9.27. The smallest absolute Gasteiger partial charge is 0.241 e. The minimum Gasteiger partial charge on any atom is -0.383 e. The summed E-state index contributed by atoms with van der Waals surface area (Å²) in [4.78, 5) is 16.3. The van der Waals surface area contributed by atoms with Gasteiger partial charge in [-0.15, -0.1) is 24.0 Å². The predicted molar refractivity (Wildman–Crippen MR) is 129 cm³/mol. The molecule has 2 rings (SSSR count). The van der Waals surface area contributed by atoms with E-state index in [2.05, 4.69) is 69.5 Å². The lowest BCUT2D eigenvalue weighted by Crippen LogP contribution is -2.40. The van der Waals surface area contributed by atoms with Crippen LogP contribution in [0.15, 0.2) is 65.7 Å². The standard InChI is InChI=1S/C22H30N4O2.HI/c1-3-23-22(26-17-21(27)24-14-15-28-2)25-16-20(18-10-6-4-7-11-18)19-12-8-5-9-13-19;/h4-13,20H,3,14-17H2,1-2H3,(H,24,27)(H2,23,25,26);1H. The van der Waals surface area contributed by atoms with E-state index in [9.17, 15) is 4.79 Å². The molecule has 0 unspecified atom stereocenters. The molecule has 29 heavy (non-hydrogen) atoms. The topological polar surface area (TPSA) is 74.8 Å². The number of carbonyl (C=O) groups excluding carboxylic acids is 1. The molecule has 1 amide bonds. The molecule has 2 aromatic carbocycles. The first-order valence-corrected chi connectivity index (χ1v) is 9.62. The van der Waals surface area contributed by atoms with Crippen LogP contribution in [0, 0.1) is 0 Å². The molecule has 6 nitrogen and oxygen atoms in total. The number of amides is 1. The van der Waals surface area contributed by atoms with E-state index in [1.165, 1.54) is 11.1 Å². The third-order valence-electron chi connectivity index (χ3n) is 4.23. The summed E-state index contributed by atoms with van der Waals surface area (Å²) in [6, 6.07) is 20.8. The molecule has 0 bridgehead atoms. The van der Waals surface area contributed by atoms with Gasteiger partial charge in [-0.2, -0.15) is 0 Å². The number of carbonyl (C=O) groups is 1. The predicted octanol–water partition coefficient (Wildman–Crippen LogP) is 2.75. The van der Waals surface area contributed by atoms with Gasteiger partial charge in [-0.05, 0) is 18.1 Å². The molecule has 7 heteroatoms. The van der Waals surface area contributed by atoms with Crippen LogP contribution in [0.5, 0.6) is 0 Å². The van der Waals surface area contributed by atoms with E-state index in [4.69, 9.17) is 4.74 Å². The van der Waals surface area contributed by atoms with Gasteiger partial charge in [0.1, 0.15) is 6.54 Å². The van der Waals surface area contributed by atoms with Gasteiger partial charge in [-0.3, -0.25) is 4.79 Å². The molecule has 0 saturated carbocycles. The summed E-state index contributed by atoms with van der Waals surface area (Å²) in [7, 11) is 1.60. The molecule has 0 atom stereocenters. The Kier molecular flexibility index (Phi) is 12.7. The maximum Gasteiger partial charge on any atom is 0.241 e. The lowest BCUT2D eigenvalue weighted by atomic mass is 9.91. The van der Waals surface area contributed by atoms with E-state index >= 15 is 0 Å². The number of methoxy groups -OCH3 is 1. The van der Waals surface area contributed by atoms with E-state index in [-0.39, 0.29) is 42.3 Å². The van der Waals surface area contributed by atoms with Gasteiger partial charge in [0.15, 0.2) is 5.96 Å². The molecular weight excluding hydrogens is 479 g/mol. The molecule has 0 spiro atoms. The van der Waals surface area contributed by atoms with Crippen LogP contribution in [0.25, 0.3) is 0 Å². The highest BCUT2D eigenvalue weighted by Gasteiger charge is 2.14. The lowest BCUT2D eigenvalue weighted by Gasteiger charge is -2.20. The van der Waals surface area contributed by atoms with Crippen LogP contribution in [0.2, 0.25) is 0 Å². The van der Waals surface area contributed by atoms with Crippen LogP contribution in [0.3, 0.4) is 0 Å². The maximum atomic E-state index is 11.9. The third-order valence-corrected chi connectivity index (χ3v) is 4.23. The summed E-state index contributed by atoms with van der Waals surface area (Å²) in [6.45, 7) is 4.44. The van der Waals surface area contributed by atoms with Crippen molar-refractivity contribution in [3.63, 3.8) is 0 Å². The summed E-state index contributed by atoms with van der Waals surface area (Å²) in [5, 5.41) is 9.34. The molecule has 158 valence electrons. The quantitative estimate of drug-likeness (QED) is 0.199. The van der Waals surface area contributed by atoms with Crippen LogP contribution < -0.4 is 16.0 Å². The number of rotatable bonds is 10. The summed E-state index contributed by atoms with van der Waals surface area (Å²) >= 11 is 0. The molecule has 0 aliphatic rings. The Morgan fingerprint density at radius 3 is 2.07 bits per heavy atom. The number of guanidine groups is 1. The number of benzene rings is 2. The Hall–Kier alpha value is -2.13. The van der Waals surface area contributed by atoms with Crippen molar-refractivity contribution < 1.29 is 9.53 Å². The highest BCUT2D eigenvalue weighted by molar-refractivity contribution is 14.0. The second kappa shape index (κ2) is 14.8. The first kappa shape index (κ1) is 24.9. The fourth-order valence-corrected chi connectivity index (χ4v) is 2.84. The SMILES string of the molecule is CCNC(=NCC(=O)NCCOC)NCC(c1ccccc1)c1ccccc1.I. The Bertz CT molecular complexity index is 687. The van der Waals surface area contributed by atoms with Gasteiger partial charge in [0.2, 0.25) is 5.91 Å². The molecule has 0 fully saturated rings. The summed E-state index contributed by atoms with van der Waals surface area (Å²) in [5.74, 6) is 0.681. The Morgan fingerprint density at radius 1 is 0.966 bits per heavy atom. The maximum absolute atomic E-state index is 11.9. The first-order valence-electron chi connectivity index (χ1n) is 9.62. The van der Waals surface area contributed by atoms with E-state index in [1.54, 1.807) is 7.11 Å². The lowest BCUT2D eigenvalue weighted by molar-refractivity contribution is -0.119. The molecular formula is C22H31IN4O2. The zero-order valence-corrected chi connectivity index (χ0v) is 19.4. The van der Waals surface area contributed by atoms with Gasteiger partial charge in [-0.25, -0.2) is 4.99 Å². The van der Waals surface area contributed by atoms with Crippen molar-refractivity contribution in [3.05, 3.63) is 71.8 Å². The van der Waals surface area contributed by atoms with Crippen molar-refractivity contribution in [1.29, 1.82) is 0 Å². The van der Waals surface area contributed by atoms with E-state index < -0.39 is 0 Å². The van der Waals surface area contributed by atoms with Crippen LogP contribution in [0.4, 0.5) is 0 Å². The average molecular weight is 510 g/mol. The number of hydrogen-bond donors (Lipinski definition) is 3. The molecule has 0 saturated heterocycles. The molecule has 0 radical (unpaired) electrons. The van der Waals surface area contributed by atoms with Crippen LogP contribution >= 0.6 is 24.0 Å². The molecule has 0 aliphatic heterocycles. The van der Waals surface area contributed by atoms with Gasteiger partial charge < -0.3 is 20.7 Å².